The van der Waals surface area contributed by atoms with E-state index in [1.807, 2.05) is 6.92 Å². The number of hydrogen-bond donors (Lipinski definition) is 0. The third kappa shape index (κ3) is 1.31. The fraction of sp³-hybridized carbons (Fsp3) is 0.875. The van der Waals surface area contributed by atoms with Gasteiger partial charge in [-0.15, -0.1) is 0 Å². The lowest BCUT2D eigenvalue weighted by Crippen LogP contribution is -2.45. The maximum Gasteiger partial charge on any atom is 0.155 e. The Morgan fingerprint density at radius 3 is 2.61 bits per heavy atom. The van der Waals surface area contributed by atoms with Gasteiger partial charge in [-0.3, -0.25) is 0 Å². The van der Waals surface area contributed by atoms with Crippen molar-refractivity contribution >= 4 is 0 Å². The SMILES string of the molecule is COC(C)OC1(C)CC2CC1C1C3C=CC(C3)C21. The lowest BCUT2D eigenvalue weighted by molar-refractivity contribution is -0.211. The lowest BCUT2D eigenvalue weighted by Gasteiger charge is -2.44. The summed E-state index contributed by atoms with van der Waals surface area (Å²) in [6, 6.07) is 0. The highest BCUT2D eigenvalue weighted by Crippen LogP contribution is 2.68. The summed E-state index contributed by atoms with van der Waals surface area (Å²) in [6.45, 7) is 4.36. The highest BCUT2D eigenvalue weighted by Gasteiger charge is 2.65. The Hall–Kier alpha value is -0.340. The number of ether oxygens (including phenoxy) is 2. The second kappa shape index (κ2) is 3.61. The fourth-order valence-corrected chi connectivity index (χ4v) is 5.88. The average molecular weight is 248 g/mol. The molecule has 4 bridgehead atoms. The van der Waals surface area contributed by atoms with Gasteiger partial charge in [-0.25, -0.2) is 0 Å². The second-order valence-electron chi connectivity index (χ2n) is 7.14. The topological polar surface area (TPSA) is 18.5 Å². The molecule has 3 saturated carbocycles. The van der Waals surface area contributed by atoms with Gasteiger partial charge in [0.25, 0.3) is 0 Å². The Bertz CT molecular complexity index is 391. The fourth-order valence-electron chi connectivity index (χ4n) is 5.88. The molecular weight excluding hydrogens is 224 g/mol. The summed E-state index contributed by atoms with van der Waals surface area (Å²) in [4.78, 5) is 0. The zero-order valence-electron chi connectivity index (χ0n) is 11.6. The lowest BCUT2D eigenvalue weighted by atomic mass is 9.68. The molecule has 8 atom stereocenters. The molecule has 0 aromatic rings. The van der Waals surface area contributed by atoms with Crippen LogP contribution in [0, 0.1) is 35.5 Å². The van der Waals surface area contributed by atoms with E-state index in [0.717, 1.165) is 35.5 Å². The zero-order chi connectivity index (χ0) is 12.5. The number of rotatable bonds is 3. The molecule has 0 spiro atoms. The summed E-state index contributed by atoms with van der Waals surface area (Å²) in [6.07, 6.45) is 9.01. The molecule has 8 unspecified atom stereocenters. The Morgan fingerprint density at radius 2 is 1.89 bits per heavy atom. The van der Waals surface area contributed by atoms with Gasteiger partial charge < -0.3 is 9.47 Å². The van der Waals surface area contributed by atoms with Crippen LogP contribution >= 0.6 is 0 Å². The first-order valence-electron chi connectivity index (χ1n) is 7.51. The summed E-state index contributed by atoms with van der Waals surface area (Å²) in [5, 5.41) is 0. The Morgan fingerprint density at radius 1 is 1.17 bits per heavy atom. The molecule has 2 heteroatoms. The van der Waals surface area contributed by atoms with E-state index >= 15 is 0 Å². The molecule has 2 nitrogen and oxygen atoms in total. The molecule has 0 radical (unpaired) electrons. The quantitative estimate of drug-likeness (QED) is 0.434. The molecule has 0 aromatic carbocycles. The van der Waals surface area contributed by atoms with Crippen molar-refractivity contribution in [3.63, 3.8) is 0 Å². The smallest absolute Gasteiger partial charge is 0.155 e. The monoisotopic (exact) mass is 248 g/mol. The number of allylic oxidation sites excluding steroid dienone is 2. The molecule has 4 aliphatic carbocycles. The molecule has 4 aliphatic rings. The molecule has 3 fully saturated rings. The van der Waals surface area contributed by atoms with Crippen LogP contribution < -0.4 is 0 Å². The van der Waals surface area contributed by atoms with E-state index in [1.54, 1.807) is 7.11 Å². The molecule has 0 aliphatic heterocycles. The van der Waals surface area contributed by atoms with Gasteiger partial charge in [0.1, 0.15) is 0 Å². The third-order valence-corrected chi connectivity index (χ3v) is 6.37. The van der Waals surface area contributed by atoms with Crippen LogP contribution in [0.15, 0.2) is 12.2 Å². The summed E-state index contributed by atoms with van der Waals surface area (Å²) < 4.78 is 11.6. The maximum absolute atomic E-state index is 6.25. The van der Waals surface area contributed by atoms with Gasteiger partial charge in [-0.05, 0) is 68.6 Å². The summed E-state index contributed by atoms with van der Waals surface area (Å²) in [7, 11) is 1.74. The van der Waals surface area contributed by atoms with Crippen LogP contribution in [0.5, 0.6) is 0 Å². The Kier molecular flexibility index (Phi) is 2.30. The first kappa shape index (κ1) is 11.5. The predicted octanol–water partition coefficient (Wildman–Crippen LogP) is 3.23. The molecule has 0 heterocycles. The first-order valence-corrected chi connectivity index (χ1v) is 7.51. The van der Waals surface area contributed by atoms with Gasteiger partial charge in [0.15, 0.2) is 6.29 Å². The summed E-state index contributed by atoms with van der Waals surface area (Å²) >= 11 is 0. The van der Waals surface area contributed by atoms with E-state index < -0.39 is 0 Å². The normalized spacial score (nSPS) is 57.3. The molecular formula is C16H24O2. The van der Waals surface area contributed by atoms with Gasteiger partial charge >= 0.3 is 0 Å². The molecule has 18 heavy (non-hydrogen) atoms. The van der Waals surface area contributed by atoms with E-state index in [4.69, 9.17) is 9.47 Å². The van der Waals surface area contributed by atoms with Crippen LogP contribution in [0.2, 0.25) is 0 Å². The van der Waals surface area contributed by atoms with E-state index in [1.165, 1.54) is 19.3 Å². The van der Waals surface area contributed by atoms with Crippen molar-refractivity contribution in [1.82, 2.24) is 0 Å². The molecule has 4 rings (SSSR count). The van der Waals surface area contributed by atoms with Crippen molar-refractivity contribution in [1.29, 1.82) is 0 Å². The number of hydrogen-bond acceptors (Lipinski definition) is 2. The molecule has 100 valence electrons. The highest BCUT2D eigenvalue weighted by atomic mass is 16.7. The van der Waals surface area contributed by atoms with Crippen LogP contribution in [-0.2, 0) is 9.47 Å². The van der Waals surface area contributed by atoms with E-state index in [0.29, 0.717) is 0 Å². The minimum absolute atomic E-state index is 0.0677. The van der Waals surface area contributed by atoms with Gasteiger partial charge in [-0.2, -0.15) is 0 Å². The summed E-state index contributed by atoms with van der Waals surface area (Å²) in [5.74, 6) is 5.34. The van der Waals surface area contributed by atoms with E-state index in [9.17, 15) is 0 Å². The van der Waals surface area contributed by atoms with Crippen molar-refractivity contribution in [2.24, 2.45) is 35.5 Å². The Balaban J connectivity index is 1.60. The van der Waals surface area contributed by atoms with Gasteiger partial charge in [0.05, 0.1) is 5.60 Å². The van der Waals surface area contributed by atoms with Gasteiger partial charge in [0, 0.05) is 7.11 Å². The molecule has 0 saturated heterocycles. The van der Waals surface area contributed by atoms with Crippen molar-refractivity contribution < 1.29 is 9.47 Å². The minimum atomic E-state index is -0.0677. The minimum Gasteiger partial charge on any atom is -0.356 e. The zero-order valence-corrected chi connectivity index (χ0v) is 11.6. The van der Waals surface area contributed by atoms with Crippen LogP contribution in [0.3, 0.4) is 0 Å². The third-order valence-electron chi connectivity index (χ3n) is 6.37. The Labute approximate surface area is 110 Å². The summed E-state index contributed by atoms with van der Waals surface area (Å²) in [5.41, 5.74) is 0.0690. The molecule has 0 aromatic heterocycles. The van der Waals surface area contributed by atoms with Crippen LogP contribution in [0.1, 0.15) is 33.1 Å². The number of methoxy groups -OCH3 is 1. The molecule has 0 amide bonds. The van der Waals surface area contributed by atoms with E-state index in [2.05, 4.69) is 19.1 Å². The average Bonchev–Trinajstić information content (AvgIpc) is 3.03. The highest BCUT2D eigenvalue weighted by molar-refractivity contribution is 5.23. The van der Waals surface area contributed by atoms with Crippen LogP contribution in [0.25, 0.3) is 0 Å². The van der Waals surface area contributed by atoms with Gasteiger partial charge in [0.2, 0.25) is 0 Å². The predicted molar refractivity (Wildman–Crippen MR) is 69.9 cm³/mol. The van der Waals surface area contributed by atoms with Crippen LogP contribution in [-0.4, -0.2) is 19.0 Å². The van der Waals surface area contributed by atoms with Crippen molar-refractivity contribution in [2.75, 3.05) is 7.11 Å². The standard InChI is InChI=1S/C16H24O2/c1-9(17-3)18-16(2)8-12-7-13(16)15-11-5-4-10(6-11)14(12)15/h4-5,9-15H,6-8H2,1-3H3. The van der Waals surface area contributed by atoms with Crippen molar-refractivity contribution in [3.8, 4) is 0 Å². The van der Waals surface area contributed by atoms with Crippen LogP contribution in [0.4, 0.5) is 0 Å². The largest absolute Gasteiger partial charge is 0.356 e. The van der Waals surface area contributed by atoms with Gasteiger partial charge in [-0.1, -0.05) is 12.2 Å². The molecule has 0 N–H and O–H groups in total. The number of fused-ring (bicyclic) bond motifs is 9. The maximum atomic E-state index is 6.25. The van der Waals surface area contributed by atoms with Crippen molar-refractivity contribution in [3.05, 3.63) is 12.2 Å². The first-order chi connectivity index (χ1) is 8.62. The van der Waals surface area contributed by atoms with E-state index in [-0.39, 0.29) is 11.9 Å². The second-order valence-corrected chi connectivity index (χ2v) is 7.14. The van der Waals surface area contributed by atoms with Crippen molar-refractivity contribution in [2.45, 2.75) is 45.0 Å².